The number of rotatable bonds is 9. The van der Waals surface area contributed by atoms with E-state index in [9.17, 15) is 0 Å². The molecule has 1 rings (SSSR count). The van der Waals surface area contributed by atoms with Crippen LogP contribution >= 0.6 is 11.8 Å². The number of aliphatic hydroxyl groups excluding tert-OH is 1. The molecule has 1 atom stereocenters. The van der Waals surface area contributed by atoms with Gasteiger partial charge in [-0.15, -0.1) is 0 Å². The van der Waals surface area contributed by atoms with E-state index in [0.717, 1.165) is 35.1 Å². The van der Waals surface area contributed by atoms with Crippen LogP contribution in [0.1, 0.15) is 18.5 Å². The Morgan fingerprint density at radius 1 is 1.32 bits per heavy atom. The molecule has 0 aliphatic rings. The summed E-state index contributed by atoms with van der Waals surface area (Å²) in [6.45, 7) is 3.17. The Morgan fingerprint density at radius 3 is 2.68 bits per heavy atom. The molecular formula is C14H23NO3S. The Bertz CT molecular complexity index is 374. The van der Waals surface area contributed by atoms with Crippen LogP contribution in [0.15, 0.2) is 18.2 Å². The molecule has 0 aliphatic heterocycles. The van der Waals surface area contributed by atoms with Gasteiger partial charge in [-0.2, -0.15) is 11.8 Å². The first-order chi connectivity index (χ1) is 9.26. The van der Waals surface area contributed by atoms with Crippen molar-refractivity contribution in [3.8, 4) is 11.5 Å². The lowest BCUT2D eigenvalue weighted by atomic mass is 10.1. The Morgan fingerprint density at radius 2 is 2.11 bits per heavy atom. The molecule has 108 valence electrons. The molecule has 0 heterocycles. The van der Waals surface area contributed by atoms with Gasteiger partial charge >= 0.3 is 0 Å². The van der Waals surface area contributed by atoms with Crippen LogP contribution < -0.4 is 14.8 Å². The smallest absolute Gasteiger partial charge is 0.123 e. The van der Waals surface area contributed by atoms with Gasteiger partial charge in [-0.25, -0.2) is 0 Å². The molecule has 1 aromatic rings. The average Bonchev–Trinajstić information content (AvgIpc) is 2.46. The summed E-state index contributed by atoms with van der Waals surface area (Å²) in [7, 11) is 3.34. The molecule has 1 unspecified atom stereocenters. The summed E-state index contributed by atoms with van der Waals surface area (Å²) in [5, 5.41) is 12.3. The molecule has 19 heavy (non-hydrogen) atoms. The highest BCUT2D eigenvalue weighted by Crippen LogP contribution is 2.31. The first kappa shape index (κ1) is 16.1. The minimum atomic E-state index is 0.187. The standard InChI is InChI=1S/C14H23NO3S/c1-4-15-13(10-19-8-7-16)12-9-11(17-2)5-6-14(12)18-3/h5-6,9,13,15-16H,4,7-8,10H2,1-3H3. The highest BCUT2D eigenvalue weighted by atomic mass is 32.2. The van der Waals surface area contributed by atoms with Gasteiger partial charge < -0.3 is 19.9 Å². The average molecular weight is 285 g/mol. The molecule has 0 spiro atoms. The topological polar surface area (TPSA) is 50.7 Å². The van der Waals surface area contributed by atoms with Gasteiger partial charge in [0.2, 0.25) is 0 Å². The van der Waals surface area contributed by atoms with Crippen molar-refractivity contribution >= 4 is 11.8 Å². The maximum absolute atomic E-state index is 8.88. The van der Waals surface area contributed by atoms with Crippen LogP contribution in [0.4, 0.5) is 0 Å². The summed E-state index contributed by atoms with van der Waals surface area (Å²) in [6, 6.07) is 6.01. The van der Waals surface area contributed by atoms with E-state index in [0.29, 0.717) is 0 Å². The summed E-state index contributed by atoms with van der Waals surface area (Å²) < 4.78 is 10.7. The van der Waals surface area contributed by atoms with Crippen molar-refractivity contribution in [1.29, 1.82) is 0 Å². The van der Waals surface area contributed by atoms with Crippen LogP contribution in [0, 0.1) is 0 Å². The third-order valence-corrected chi connectivity index (χ3v) is 3.82. The Balaban J connectivity index is 2.91. The van der Waals surface area contributed by atoms with E-state index in [1.165, 1.54) is 0 Å². The van der Waals surface area contributed by atoms with E-state index in [1.807, 2.05) is 18.2 Å². The van der Waals surface area contributed by atoms with E-state index < -0.39 is 0 Å². The molecule has 0 aliphatic carbocycles. The monoisotopic (exact) mass is 285 g/mol. The molecule has 0 bridgehead atoms. The molecule has 2 N–H and O–H groups in total. The summed E-state index contributed by atoms with van der Waals surface area (Å²) in [6.07, 6.45) is 0. The van der Waals surface area contributed by atoms with Crippen molar-refractivity contribution in [3.05, 3.63) is 23.8 Å². The third kappa shape index (κ3) is 4.93. The maximum Gasteiger partial charge on any atom is 0.123 e. The quantitative estimate of drug-likeness (QED) is 0.680. The fourth-order valence-electron chi connectivity index (χ4n) is 1.88. The highest BCUT2D eigenvalue weighted by molar-refractivity contribution is 7.99. The predicted molar refractivity (Wildman–Crippen MR) is 80.4 cm³/mol. The third-order valence-electron chi connectivity index (χ3n) is 2.78. The minimum Gasteiger partial charge on any atom is -0.497 e. The van der Waals surface area contributed by atoms with Crippen LogP contribution in [0.3, 0.4) is 0 Å². The zero-order chi connectivity index (χ0) is 14.1. The van der Waals surface area contributed by atoms with Crippen LogP contribution in [0.5, 0.6) is 11.5 Å². The number of nitrogens with one attached hydrogen (secondary N) is 1. The van der Waals surface area contributed by atoms with Gasteiger partial charge in [0.15, 0.2) is 0 Å². The maximum atomic E-state index is 8.88. The first-order valence-electron chi connectivity index (χ1n) is 6.40. The van der Waals surface area contributed by atoms with Crippen LogP contribution in [-0.2, 0) is 0 Å². The number of thioether (sulfide) groups is 1. The number of benzene rings is 1. The van der Waals surface area contributed by atoms with Crippen molar-refractivity contribution in [2.75, 3.05) is 38.9 Å². The van der Waals surface area contributed by atoms with E-state index in [4.69, 9.17) is 14.6 Å². The van der Waals surface area contributed by atoms with Crippen LogP contribution in [0.25, 0.3) is 0 Å². The number of ether oxygens (including phenoxy) is 2. The van der Waals surface area contributed by atoms with Gasteiger partial charge in [0.25, 0.3) is 0 Å². The van der Waals surface area contributed by atoms with E-state index in [-0.39, 0.29) is 12.6 Å². The predicted octanol–water partition coefficient (Wildman–Crippen LogP) is 2.08. The van der Waals surface area contributed by atoms with Gasteiger partial charge in [-0.1, -0.05) is 6.92 Å². The molecular weight excluding hydrogens is 262 g/mol. The Hall–Kier alpha value is -0.910. The fourth-order valence-corrected chi connectivity index (χ4v) is 2.71. The number of aliphatic hydroxyl groups is 1. The van der Waals surface area contributed by atoms with E-state index >= 15 is 0 Å². The molecule has 0 saturated carbocycles. The second kappa shape index (κ2) is 9.07. The summed E-state index contributed by atoms with van der Waals surface area (Å²) in [4.78, 5) is 0. The summed E-state index contributed by atoms with van der Waals surface area (Å²) in [5.41, 5.74) is 1.09. The van der Waals surface area contributed by atoms with Gasteiger partial charge in [0.05, 0.1) is 20.8 Å². The minimum absolute atomic E-state index is 0.187. The normalized spacial score (nSPS) is 12.2. The number of hydrogen-bond donors (Lipinski definition) is 2. The Labute approximate surface area is 119 Å². The zero-order valence-electron chi connectivity index (χ0n) is 11.8. The molecule has 0 saturated heterocycles. The molecule has 0 aromatic heterocycles. The van der Waals surface area contributed by atoms with Gasteiger partial charge in [0, 0.05) is 23.1 Å². The molecule has 0 radical (unpaired) electrons. The van der Waals surface area contributed by atoms with Crippen LogP contribution in [0.2, 0.25) is 0 Å². The van der Waals surface area contributed by atoms with Crippen molar-refractivity contribution in [2.45, 2.75) is 13.0 Å². The van der Waals surface area contributed by atoms with Gasteiger partial charge in [-0.3, -0.25) is 0 Å². The second-order valence-corrected chi connectivity index (χ2v) is 5.17. The molecule has 5 heteroatoms. The van der Waals surface area contributed by atoms with Gasteiger partial charge in [0.1, 0.15) is 11.5 Å². The van der Waals surface area contributed by atoms with Crippen molar-refractivity contribution < 1.29 is 14.6 Å². The molecule has 1 aromatic carbocycles. The zero-order valence-corrected chi connectivity index (χ0v) is 12.6. The van der Waals surface area contributed by atoms with Gasteiger partial charge in [-0.05, 0) is 24.7 Å². The van der Waals surface area contributed by atoms with Crippen molar-refractivity contribution in [2.24, 2.45) is 0 Å². The van der Waals surface area contributed by atoms with E-state index in [2.05, 4.69) is 12.2 Å². The lowest BCUT2D eigenvalue weighted by molar-refractivity contribution is 0.322. The van der Waals surface area contributed by atoms with Crippen molar-refractivity contribution in [3.63, 3.8) is 0 Å². The highest BCUT2D eigenvalue weighted by Gasteiger charge is 2.16. The Kier molecular flexibility index (Phi) is 7.70. The largest absolute Gasteiger partial charge is 0.497 e. The first-order valence-corrected chi connectivity index (χ1v) is 7.56. The lowest BCUT2D eigenvalue weighted by Gasteiger charge is -2.21. The summed E-state index contributed by atoms with van der Waals surface area (Å²) in [5.74, 6) is 3.31. The fraction of sp³-hybridized carbons (Fsp3) is 0.571. The lowest BCUT2D eigenvalue weighted by Crippen LogP contribution is -2.23. The molecule has 4 nitrogen and oxygen atoms in total. The molecule has 0 amide bonds. The van der Waals surface area contributed by atoms with Crippen molar-refractivity contribution in [1.82, 2.24) is 5.32 Å². The molecule has 0 fully saturated rings. The van der Waals surface area contributed by atoms with Crippen LogP contribution in [-0.4, -0.2) is 44.0 Å². The SMILES string of the molecule is CCNC(CSCCO)c1cc(OC)ccc1OC. The number of hydrogen-bond acceptors (Lipinski definition) is 5. The summed E-state index contributed by atoms with van der Waals surface area (Å²) >= 11 is 1.72. The number of methoxy groups -OCH3 is 2. The van der Waals surface area contributed by atoms with E-state index in [1.54, 1.807) is 26.0 Å². The second-order valence-electron chi connectivity index (χ2n) is 4.02.